The molecule has 1 heterocycles. The summed E-state index contributed by atoms with van der Waals surface area (Å²) in [6.45, 7) is 1.17. The van der Waals surface area contributed by atoms with E-state index in [0.717, 1.165) is 12.0 Å². The largest absolute Gasteiger partial charge is 0.391 e. The Labute approximate surface area is 177 Å². The average Bonchev–Trinajstić information content (AvgIpc) is 2.78. The number of halogens is 1. The van der Waals surface area contributed by atoms with Crippen molar-refractivity contribution in [1.29, 1.82) is 0 Å². The number of hydrogen-bond acceptors (Lipinski definition) is 3. The van der Waals surface area contributed by atoms with E-state index >= 15 is 0 Å². The average molecular weight is 406 g/mol. The Morgan fingerprint density at radius 2 is 1.50 bits per heavy atom. The first-order chi connectivity index (χ1) is 14.7. The molecule has 30 heavy (non-hydrogen) atoms. The van der Waals surface area contributed by atoms with Gasteiger partial charge in [-0.1, -0.05) is 72.8 Å². The van der Waals surface area contributed by atoms with Gasteiger partial charge in [-0.05, 0) is 41.8 Å². The SMILES string of the molecule is OC1C[C@H](C(c2ccccc2)c2ccccc2)OCC1NCCc1ccc(F)cc1. The first-order valence-corrected chi connectivity index (χ1v) is 10.6. The molecule has 1 saturated heterocycles. The molecule has 0 amide bonds. The van der Waals surface area contributed by atoms with Gasteiger partial charge in [0.1, 0.15) is 5.82 Å². The standard InChI is InChI=1S/C26H28FNO2/c27-22-13-11-19(12-14-22)15-16-28-23-18-30-25(17-24(23)29)26(20-7-3-1-4-8-20)21-9-5-2-6-10-21/h1-14,23-26,28-29H,15-18H2/t23?,24?,25-/m1/s1. The maximum absolute atomic E-state index is 13.0. The monoisotopic (exact) mass is 405 g/mol. The Morgan fingerprint density at radius 1 is 0.900 bits per heavy atom. The van der Waals surface area contributed by atoms with E-state index in [4.69, 9.17) is 4.74 Å². The summed E-state index contributed by atoms with van der Waals surface area (Å²) in [4.78, 5) is 0. The molecule has 0 bridgehead atoms. The zero-order valence-corrected chi connectivity index (χ0v) is 17.0. The Balaban J connectivity index is 1.38. The molecule has 3 atom stereocenters. The van der Waals surface area contributed by atoms with Gasteiger partial charge in [0.05, 0.1) is 24.9 Å². The fraction of sp³-hybridized carbons (Fsp3) is 0.308. The van der Waals surface area contributed by atoms with E-state index in [1.807, 2.05) is 36.4 Å². The highest BCUT2D eigenvalue weighted by molar-refractivity contribution is 5.34. The summed E-state index contributed by atoms with van der Waals surface area (Å²) in [6.07, 6.45) is 0.790. The van der Waals surface area contributed by atoms with Gasteiger partial charge in [-0.3, -0.25) is 0 Å². The molecule has 2 unspecified atom stereocenters. The highest BCUT2D eigenvalue weighted by Crippen LogP contribution is 2.34. The molecule has 1 aliphatic rings. The summed E-state index contributed by atoms with van der Waals surface area (Å²) in [7, 11) is 0. The van der Waals surface area contributed by atoms with Crippen molar-refractivity contribution >= 4 is 0 Å². The summed E-state index contributed by atoms with van der Waals surface area (Å²) < 4.78 is 19.3. The molecule has 3 aromatic carbocycles. The number of rotatable bonds is 7. The van der Waals surface area contributed by atoms with E-state index in [0.29, 0.717) is 19.6 Å². The smallest absolute Gasteiger partial charge is 0.123 e. The predicted octanol–water partition coefficient (Wildman–Crippen LogP) is 4.31. The molecule has 2 N–H and O–H groups in total. The lowest BCUT2D eigenvalue weighted by Gasteiger charge is -2.38. The van der Waals surface area contributed by atoms with E-state index in [2.05, 4.69) is 29.6 Å². The number of ether oxygens (including phenoxy) is 1. The van der Waals surface area contributed by atoms with Gasteiger partial charge in [-0.2, -0.15) is 0 Å². The normalized spacial score (nSPS) is 21.6. The summed E-state index contributed by atoms with van der Waals surface area (Å²) in [5.41, 5.74) is 3.47. The molecule has 156 valence electrons. The van der Waals surface area contributed by atoms with Crippen LogP contribution in [0.5, 0.6) is 0 Å². The second kappa shape index (κ2) is 9.98. The summed E-state index contributed by atoms with van der Waals surface area (Å²) in [5, 5.41) is 14.2. The topological polar surface area (TPSA) is 41.5 Å². The lowest BCUT2D eigenvalue weighted by Crippen LogP contribution is -2.51. The van der Waals surface area contributed by atoms with Crippen molar-refractivity contribution in [2.24, 2.45) is 0 Å². The van der Waals surface area contributed by atoms with Crippen molar-refractivity contribution in [3.8, 4) is 0 Å². The van der Waals surface area contributed by atoms with Crippen LogP contribution in [0.15, 0.2) is 84.9 Å². The summed E-state index contributed by atoms with van der Waals surface area (Å²) >= 11 is 0. The molecule has 0 aliphatic carbocycles. The molecule has 0 saturated carbocycles. The lowest BCUT2D eigenvalue weighted by molar-refractivity contribution is -0.0712. The third kappa shape index (κ3) is 5.14. The van der Waals surface area contributed by atoms with E-state index in [9.17, 15) is 9.50 Å². The fourth-order valence-corrected chi connectivity index (χ4v) is 4.23. The number of aliphatic hydroxyl groups is 1. The molecule has 1 fully saturated rings. The van der Waals surface area contributed by atoms with Gasteiger partial charge in [0, 0.05) is 12.3 Å². The predicted molar refractivity (Wildman–Crippen MR) is 117 cm³/mol. The van der Waals surface area contributed by atoms with E-state index < -0.39 is 6.10 Å². The molecular weight excluding hydrogens is 377 g/mol. The van der Waals surface area contributed by atoms with Crippen LogP contribution in [0, 0.1) is 5.82 Å². The second-order valence-corrected chi connectivity index (χ2v) is 7.91. The number of benzene rings is 3. The number of aliphatic hydroxyl groups excluding tert-OH is 1. The third-order valence-electron chi connectivity index (χ3n) is 5.85. The molecular formula is C26H28FNO2. The van der Waals surface area contributed by atoms with Gasteiger partial charge in [0.2, 0.25) is 0 Å². The van der Waals surface area contributed by atoms with Crippen LogP contribution in [-0.2, 0) is 11.2 Å². The first-order valence-electron chi connectivity index (χ1n) is 10.6. The van der Waals surface area contributed by atoms with Crippen LogP contribution in [0.3, 0.4) is 0 Å². The van der Waals surface area contributed by atoms with Crippen LogP contribution in [-0.4, -0.2) is 36.5 Å². The van der Waals surface area contributed by atoms with Crippen LogP contribution < -0.4 is 5.32 Å². The Morgan fingerprint density at radius 3 is 2.07 bits per heavy atom. The molecule has 0 radical (unpaired) electrons. The fourth-order valence-electron chi connectivity index (χ4n) is 4.23. The van der Waals surface area contributed by atoms with Crippen LogP contribution in [0.25, 0.3) is 0 Å². The zero-order valence-electron chi connectivity index (χ0n) is 17.0. The van der Waals surface area contributed by atoms with Crippen LogP contribution in [0.2, 0.25) is 0 Å². The maximum atomic E-state index is 13.0. The van der Waals surface area contributed by atoms with Gasteiger partial charge >= 0.3 is 0 Å². The number of nitrogens with one attached hydrogen (secondary N) is 1. The summed E-state index contributed by atoms with van der Waals surface area (Å²) in [5.74, 6) is -0.137. The van der Waals surface area contributed by atoms with E-state index in [1.165, 1.54) is 23.3 Å². The van der Waals surface area contributed by atoms with E-state index in [-0.39, 0.29) is 23.9 Å². The second-order valence-electron chi connectivity index (χ2n) is 7.91. The van der Waals surface area contributed by atoms with Crippen LogP contribution >= 0.6 is 0 Å². The zero-order chi connectivity index (χ0) is 20.8. The quantitative estimate of drug-likeness (QED) is 0.616. The molecule has 1 aliphatic heterocycles. The highest BCUT2D eigenvalue weighted by Gasteiger charge is 2.35. The van der Waals surface area contributed by atoms with Crippen molar-refractivity contribution in [3.63, 3.8) is 0 Å². The Bertz CT molecular complexity index is 862. The highest BCUT2D eigenvalue weighted by atomic mass is 19.1. The third-order valence-corrected chi connectivity index (χ3v) is 5.85. The molecule has 3 nitrogen and oxygen atoms in total. The van der Waals surface area contributed by atoms with Crippen molar-refractivity contribution in [2.75, 3.05) is 13.2 Å². The van der Waals surface area contributed by atoms with Crippen molar-refractivity contribution in [2.45, 2.75) is 37.0 Å². The minimum absolute atomic E-state index is 0.0834. The maximum Gasteiger partial charge on any atom is 0.123 e. The molecule has 4 rings (SSSR count). The van der Waals surface area contributed by atoms with Crippen molar-refractivity contribution < 1.29 is 14.2 Å². The molecule has 4 heteroatoms. The number of hydrogen-bond donors (Lipinski definition) is 2. The Hall–Kier alpha value is -2.53. The summed E-state index contributed by atoms with van der Waals surface area (Å²) in [6, 6.07) is 27.2. The molecule has 0 spiro atoms. The van der Waals surface area contributed by atoms with Gasteiger partial charge in [-0.15, -0.1) is 0 Å². The van der Waals surface area contributed by atoms with Gasteiger partial charge < -0.3 is 15.2 Å². The Kier molecular flexibility index (Phi) is 6.90. The van der Waals surface area contributed by atoms with Crippen LogP contribution in [0.1, 0.15) is 29.0 Å². The van der Waals surface area contributed by atoms with Crippen molar-refractivity contribution in [3.05, 3.63) is 107 Å². The lowest BCUT2D eigenvalue weighted by atomic mass is 9.82. The van der Waals surface area contributed by atoms with E-state index in [1.54, 1.807) is 12.1 Å². The molecule has 3 aromatic rings. The van der Waals surface area contributed by atoms with Gasteiger partial charge in [0.15, 0.2) is 0 Å². The van der Waals surface area contributed by atoms with Gasteiger partial charge in [0.25, 0.3) is 0 Å². The van der Waals surface area contributed by atoms with Crippen molar-refractivity contribution in [1.82, 2.24) is 5.32 Å². The minimum atomic E-state index is -0.480. The first kappa shape index (κ1) is 20.7. The van der Waals surface area contributed by atoms with Crippen LogP contribution in [0.4, 0.5) is 4.39 Å². The molecule has 0 aromatic heterocycles. The minimum Gasteiger partial charge on any atom is -0.391 e. The van der Waals surface area contributed by atoms with Gasteiger partial charge in [-0.25, -0.2) is 4.39 Å².